The van der Waals surface area contributed by atoms with Crippen molar-refractivity contribution in [2.24, 2.45) is 0 Å². The Kier molecular flexibility index (Phi) is 5.75. The Balaban J connectivity index is 2.47. The third-order valence-electron chi connectivity index (χ3n) is 3.45. The van der Waals surface area contributed by atoms with Crippen molar-refractivity contribution in [2.45, 2.75) is 4.90 Å². The molecule has 0 amide bonds. The van der Waals surface area contributed by atoms with Crippen LogP contribution in [0.3, 0.4) is 0 Å². The Morgan fingerprint density at radius 3 is 2.11 bits per heavy atom. The minimum absolute atomic E-state index is 0.00607. The van der Waals surface area contributed by atoms with E-state index in [0.717, 1.165) is 44.6 Å². The summed E-state index contributed by atoms with van der Waals surface area (Å²) >= 11 is 0. The van der Waals surface area contributed by atoms with Crippen LogP contribution in [-0.4, -0.2) is 39.5 Å². The number of nitro groups is 1. The van der Waals surface area contributed by atoms with Gasteiger partial charge in [-0.15, -0.1) is 0 Å². The Bertz CT molecular complexity index is 1000. The molecule has 11 heteroatoms. The van der Waals surface area contributed by atoms with Crippen LogP contribution in [0.1, 0.15) is 20.7 Å². The van der Waals surface area contributed by atoms with Gasteiger partial charge in [0.1, 0.15) is 0 Å². The van der Waals surface area contributed by atoms with Crippen LogP contribution in [0.15, 0.2) is 47.4 Å². The number of anilines is 1. The van der Waals surface area contributed by atoms with Crippen molar-refractivity contribution in [3.05, 3.63) is 63.7 Å². The second kappa shape index (κ2) is 7.83. The largest absolute Gasteiger partial charge is 0.465 e. The first kappa shape index (κ1) is 19.8. The van der Waals surface area contributed by atoms with Crippen LogP contribution in [0.4, 0.5) is 11.4 Å². The normalized spacial score (nSPS) is 10.7. The second-order valence-corrected chi connectivity index (χ2v) is 6.78. The zero-order valence-corrected chi connectivity index (χ0v) is 15.0. The first-order chi connectivity index (χ1) is 12.7. The van der Waals surface area contributed by atoms with Crippen molar-refractivity contribution in [3.8, 4) is 0 Å². The number of nitrogens with one attached hydrogen (secondary N) is 1. The van der Waals surface area contributed by atoms with E-state index in [-0.39, 0.29) is 27.4 Å². The van der Waals surface area contributed by atoms with Crippen LogP contribution in [0.2, 0.25) is 0 Å². The van der Waals surface area contributed by atoms with Gasteiger partial charge in [-0.2, -0.15) is 0 Å². The SMILES string of the molecule is COC(=O)c1ccc(C(=O)OC)c(NS(=O)(=O)c2ccc([N+](=O)[O-])cc2)c1. The van der Waals surface area contributed by atoms with Gasteiger partial charge in [-0.1, -0.05) is 0 Å². The molecule has 0 fully saturated rings. The lowest BCUT2D eigenvalue weighted by atomic mass is 10.1. The fourth-order valence-electron chi connectivity index (χ4n) is 2.11. The molecular formula is C16H14N2O8S. The van der Waals surface area contributed by atoms with Crippen molar-refractivity contribution in [1.82, 2.24) is 0 Å². The molecule has 0 saturated carbocycles. The topological polar surface area (TPSA) is 142 Å². The molecule has 2 aromatic carbocycles. The maximum atomic E-state index is 12.5. The molecule has 10 nitrogen and oxygen atoms in total. The van der Waals surface area contributed by atoms with Gasteiger partial charge in [0.25, 0.3) is 15.7 Å². The summed E-state index contributed by atoms with van der Waals surface area (Å²) in [5, 5.41) is 10.7. The summed E-state index contributed by atoms with van der Waals surface area (Å²) < 4.78 is 36.4. The molecule has 0 radical (unpaired) electrons. The van der Waals surface area contributed by atoms with Gasteiger partial charge in [0.05, 0.1) is 40.9 Å². The standard InChI is InChI=1S/C16H14N2O8S/c1-25-15(19)10-3-8-13(16(20)26-2)14(9-10)17-27(23,24)12-6-4-11(5-7-12)18(21)22/h3-9,17H,1-2H3. The molecule has 142 valence electrons. The number of sulfonamides is 1. The zero-order valence-electron chi connectivity index (χ0n) is 14.2. The van der Waals surface area contributed by atoms with Crippen molar-refractivity contribution in [1.29, 1.82) is 0 Å². The molecule has 0 aliphatic heterocycles. The van der Waals surface area contributed by atoms with E-state index < -0.39 is 26.9 Å². The fourth-order valence-corrected chi connectivity index (χ4v) is 3.18. The summed E-state index contributed by atoms with van der Waals surface area (Å²) in [7, 11) is -1.94. The second-order valence-electron chi connectivity index (χ2n) is 5.10. The van der Waals surface area contributed by atoms with Crippen LogP contribution in [0.25, 0.3) is 0 Å². The van der Waals surface area contributed by atoms with Gasteiger partial charge in [0, 0.05) is 12.1 Å². The van der Waals surface area contributed by atoms with E-state index in [1.165, 1.54) is 12.1 Å². The van der Waals surface area contributed by atoms with Gasteiger partial charge in [-0.25, -0.2) is 18.0 Å². The van der Waals surface area contributed by atoms with Gasteiger partial charge in [-0.3, -0.25) is 14.8 Å². The van der Waals surface area contributed by atoms with Gasteiger partial charge < -0.3 is 9.47 Å². The van der Waals surface area contributed by atoms with E-state index in [9.17, 15) is 28.1 Å². The maximum absolute atomic E-state index is 12.5. The van der Waals surface area contributed by atoms with Crippen LogP contribution < -0.4 is 4.72 Å². The predicted molar refractivity (Wildman–Crippen MR) is 93.0 cm³/mol. The Morgan fingerprint density at radius 2 is 1.59 bits per heavy atom. The van der Waals surface area contributed by atoms with E-state index in [4.69, 9.17) is 0 Å². The molecule has 0 heterocycles. The highest BCUT2D eigenvalue weighted by Crippen LogP contribution is 2.24. The number of carbonyl (C=O) groups excluding carboxylic acids is 2. The summed E-state index contributed by atoms with van der Waals surface area (Å²) in [5.74, 6) is -1.56. The van der Waals surface area contributed by atoms with E-state index in [2.05, 4.69) is 14.2 Å². The van der Waals surface area contributed by atoms with Crippen LogP contribution in [0, 0.1) is 10.1 Å². The molecule has 0 spiro atoms. The Morgan fingerprint density at radius 1 is 1.00 bits per heavy atom. The third kappa shape index (κ3) is 4.39. The molecule has 0 aromatic heterocycles. The quantitative estimate of drug-likeness (QED) is 0.445. The van der Waals surface area contributed by atoms with Gasteiger partial charge in [-0.05, 0) is 30.3 Å². The molecule has 27 heavy (non-hydrogen) atoms. The Labute approximate surface area is 153 Å². The number of methoxy groups -OCH3 is 2. The number of benzene rings is 2. The summed E-state index contributed by atoms with van der Waals surface area (Å²) in [6.07, 6.45) is 0. The Hall–Kier alpha value is -3.47. The number of esters is 2. The minimum Gasteiger partial charge on any atom is -0.465 e. The highest BCUT2D eigenvalue weighted by molar-refractivity contribution is 7.92. The lowest BCUT2D eigenvalue weighted by Crippen LogP contribution is -2.17. The maximum Gasteiger partial charge on any atom is 0.339 e. The molecule has 0 aliphatic carbocycles. The number of nitro benzene ring substituents is 1. The van der Waals surface area contributed by atoms with E-state index in [1.807, 2.05) is 0 Å². The van der Waals surface area contributed by atoms with E-state index >= 15 is 0 Å². The lowest BCUT2D eigenvalue weighted by Gasteiger charge is -2.13. The van der Waals surface area contributed by atoms with Crippen LogP contribution in [-0.2, 0) is 19.5 Å². The highest BCUT2D eigenvalue weighted by atomic mass is 32.2. The molecule has 2 rings (SSSR count). The van der Waals surface area contributed by atoms with Crippen molar-refractivity contribution < 1.29 is 32.4 Å². The highest BCUT2D eigenvalue weighted by Gasteiger charge is 2.22. The van der Waals surface area contributed by atoms with Crippen LogP contribution >= 0.6 is 0 Å². The summed E-state index contributed by atoms with van der Waals surface area (Å²) in [6, 6.07) is 7.76. The number of hydrogen-bond acceptors (Lipinski definition) is 8. The number of rotatable bonds is 6. The average Bonchev–Trinajstić information content (AvgIpc) is 2.66. The number of nitrogens with zero attached hydrogens (tertiary/aromatic N) is 1. The molecule has 0 unspecified atom stereocenters. The smallest absolute Gasteiger partial charge is 0.339 e. The molecule has 0 bridgehead atoms. The minimum atomic E-state index is -4.20. The third-order valence-corrected chi connectivity index (χ3v) is 4.83. The van der Waals surface area contributed by atoms with Crippen LogP contribution in [0.5, 0.6) is 0 Å². The number of carbonyl (C=O) groups is 2. The first-order valence-electron chi connectivity index (χ1n) is 7.27. The van der Waals surface area contributed by atoms with Crippen molar-refractivity contribution >= 4 is 33.3 Å². The molecule has 2 aromatic rings. The monoisotopic (exact) mass is 394 g/mol. The summed E-state index contributed by atoms with van der Waals surface area (Å²) in [4.78, 5) is 33.3. The van der Waals surface area contributed by atoms with Gasteiger partial charge >= 0.3 is 11.9 Å². The first-order valence-corrected chi connectivity index (χ1v) is 8.76. The van der Waals surface area contributed by atoms with E-state index in [0.29, 0.717) is 0 Å². The number of hydrogen-bond donors (Lipinski definition) is 1. The van der Waals surface area contributed by atoms with Gasteiger partial charge in [0.15, 0.2) is 0 Å². The summed E-state index contributed by atoms with van der Waals surface area (Å²) in [6.45, 7) is 0. The lowest BCUT2D eigenvalue weighted by molar-refractivity contribution is -0.384. The van der Waals surface area contributed by atoms with E-state index in [1.54, 1.807) is 0 Å². The molecular weight excluding hydrogens is 380 g/mol. The van der Waals surface area contributed by atoms with Crippen molar-refractivity contribution in [3.63, 3.8) is 0 Å². The molecule has 0 aliphatic rings. The predicted octanol–water partition coefficient (Wildman–Crippen LogP) is 1.97. The van der Waals surface area contributed by atoms with Crippen molar-refractivity contribution in [2.75, 3.05) is 18.9 Å². The number of non-ortho nitro benzene ring substituents is 1. The summed E-state index contributed by atoms with van der Waals surface area (Å²) in [5.41, 5.74) is -0.609. The van der Waals surface area contributed by atoms with Gasteiger partial charge in [0.2, 0.25) is 0 Å². The molecule has 1 N–H and O–H groups in total. The molecule has 0 atom stereocenters. The zero-order chi connectivity index (χ0) is 20.2. The number of ether oxygens (including phenoxy) is 2. The molecule has 0 saturated heterocycles. The average molecular weight is 394 g/mol. The fraction of sp³-hybridized carbons (Fsp3) is 0.125.